The SMILES string of the molecule is Cc1ccccc1-n1ncc(CO)c1C1=CC2(CCN(C(=O)OC(C)(C)C)CC2)C1. The van der Waals surface area contributed by atoms with Crippen LogP contribution < -0.4 is 0 Å². The molecule has 0 atom stereocenters. The first-order valence-electron chi connectivity index (χ1n) is 10.7. The maximum absolute atomic E-state index is 12.3. The van der Waals surface area contributed by atoms with Crippen LogP contribution in [-0.4, -0.2) is 44.6 Å². The molecule has 4 rings (SSSR count). The number of amides is 1. The second-order valence-electron chi connectivity index (χ2n) is 9.55. The summed E-state index contributed by atoms with van der Waals surface area (Å²) in [5.41, 5.74) is 4.93. The smallest absolute Gasteiger partial charge is 0.410 e. The Morgan fingerprint density at radius 1 is 1.23 bits per heavy atom. The summed E-state index contributed by atoms with van der Waals surface area (Å²) in [7, 11) is 0. The average molecular weight is 410 g/mol. The molecule has 6 nitrogen and oxygen atoms in total. The molecule has 1 amide bonds. The van der Waals surface area contributed by atoms with E-state index in [9.17, 15) is 9.90 Å². The normalized spacial score (nSPS) is 18.2. The predicted octanol–water partition coefficient (Wildman–Crippen LogP) is 4.48. The molecule has 160 valence electrons. The highest BCUT2D eigenvalue weighted by atomic mass is 16.6. The Morgan fingerprint density at radius 2 is 1.90 bits per heavy atom. The maximum Gasteiger partial charge on any atom is 0.410 e. The molecule has 2 aliphatic rings. The van der Waals surface area contributed by atoms with E-state index in [0.717, 1.165) is 41.8 Å². The predicted molar refractivity (Wildman–Crippen MR) is 116 cm³/mol. The Morgan fingerprint density at radius 3 is 2.50 bits per heavy atom. The quantitative estimate of drug-likeness (QED) is 0.812. The Hall–Kier alpha value is -2.60. The van der Waals surface area contributed by atoms with Gasteiger partial charge in [0.2, 0.25) is 0 Å². The summed E-state index contributed by atoms with van der Waals surface area (Å²) in [6.45, 7) is 9.15. The van der Waals surface area contributed by atoms with Gasteiger partial charge in [-0.05, 0) is 69.6 Å². The number of carbonyl (C=O) groups excluding carboxylic acids is 1. The van der Waals surface area contributed by atoms with Crippen LogP contribution in [-0.2, 0) is 11.3 Å². The summed E-state index contributed by atoms with van der Waals surface area (Å²) in [5, 5.41) is 14.4. The third-order valence-corrected chi connectivity index (χ3v) is 6.10. The number of nitrogens with zero attached hydrogens (tertiary/aromatic N) is 3. The molecular weight excluding hydrogens is 378 g/mol. The van der Waals surface area contributed by atoms with E-state index in [2.05, 4.69) is 30.2 Å². The van der Waals surface area contributed by atoms with Gasteiger partial charge in [-0.15, -0.1) is 0 Å². The molecule has 1 aromatic carbocycles. The molecule has 30 heavy (non-hydrogen) atoms. The number of carbonyl (C=O) groups is 1. The van der Waals surface area contributed by atoms with Crippen LogP contribution in [0.25, 0.3) is 11.3 Å². The first-order chi connectivity index (χ1) is 14.2. The van der Waals surface area contributed by atoms with Crippen molar-refractivity contribution in [3.8, 4) is 5.69 Å². The van der Waals surface area contributed by atoms with Gasteiger partial charge in [-0.2, -0.15) is 5.10 Å². The van der Waals surface area contributed by atoms with Gasteiger partial charge in [-0.3, -0.25) is 0 Å². The molecule has 2 heterocycles. The van der Waals surface area contributed by atoms with E-state index >= 15 is 0 Å². The van der Waals surface area contributed by atoms with Crippen LogP contribution in [0, 0.1) is 12.3 Å². The van der Waals surface area contributed by atoms with Crippen molar-refractivity contribution >= 4 is 11.7 Å². The third-order valence-electron chi connectivity index (χ3n) is 6.10. The van der Waals surface area contributed by atoms with Crippen molar-refractivity contribution < 1.29 is 14.6 Å². The number of piperidine rings is 1. The monoisotopic (exact) mass is 409 g/mol. The van der Waals surface area contributed by atoms with Gasteiger partial charge in [0.05, 0.1) is 24.2 Å². The number of para-hydroxylation sites is 1. The Kier molecular flexibility index (Phi) is 5.22. The van der Waals surface area contributed by atoms with E-state index in [0.29, 0.717) is 13.1 Å². The number of ether oxygens (including phenoxy) is 1. The summed E-state index contributed by atoms with van der Waals surface area (Å²) >= 11 is 0. The lowest BCUT2D eigenvalue weighted by molar-refractivity contribution is 0.0137. The Bertz CT molecular complexity index is 976. The number of aliphatic hydroxyl groups excluding tert-OH is 1. The molecule has 6 heteroatoms. The fourth-order valence-electron chi connectivity index (χ4n) is 4.48. The molecule has 1 aliphatic heterocycles. The minimum atomic E-state index is -0.468. The summed E-state index contributed by atoms with van der Waals surface area (Å²) in [6.07, 6.45) is 6.69. The second-order valence-corrected chi connectivity index (χ2v) is 9.55. The fourth-order valence-corrected chi connectivity index (χ4v) is 4.48. The first-order valence-corrected chi connectivity index (χ1v) is 10.7. The van der Waals surface area contributed by atoms with E-state index in [1.54, 1.807) is 6.20 Å². The van der Waals surface area contributed by atoms with Crippen LogP contribution in [0.5, 0.6) is 0 Å². The zero-order valence-corrected chi connectivity index (χ0v) is 18.3. The van der Waals surface area contributed by atoms with Gasteiger partial charge in [-0.1, -0.05) is 24.3 Å². The van der Waals surface area contributed by atoms with Crippen LogP contribution in [0.3, 0.4) is 0 Å². The highest BCUT2D eigenvalue weighted by Crippen LogP contribution is 2.51. The van der Waals surface area contributed by atoms with Crippen LogP contribution in [0.15, 0.2) is 36.5 Å². The molecule has 1 saturated heterocycles. The molecular formula is C24H31N3O3. The number of aromatic nitrogens is 2. The first kappa shape index (κ1) is 20.7. The van der Waals surface area contributed by atoms with Crippen LogP contribution in [0.2, 0.25) is 0 Å². The molecule has 1 aromatic heterocycles. The van der Waals surface area contributed by atoms with Crippen molar-refractivity contribution in [2.75, 3.05) is 13.1 Å². The van der Waals surface area contributed by atoms with Crippen molar-refractivity contribution in [1.29, 1.82) is 0 Å². The van der Waals surface area contributed by atoms with Gasteiger partial charge in [0, 0.05) is 18.7 Å². The summed E-state index contributed by atoms with van der Waals surface area (Å²) in [4.78, 5) is 14.2. The number of allylic oxidation sites excluding steroid dienone is 2. The lowest BCUT2D eigenvalue weighted by atomic mass is 9.64. The van der Waals surface area contributed by atoms with Gasteiger partial charge >= 0.3 is 6.09 Å². The van der Waals surface area contributed by atoms with Gasteiger partial charge < -0.3 is 14.7 Å². The molecule has 1 aliphatic carbocycles. The second kappa shape index (κ2) is 7.58. The fraction of sp³-hybridized carbons (Fsp3) is 0.500. The van der Waals surface area contributed by atoms with Crippen LogP contribution >= 0.6 is 0 Å². The van der Waals surface area contributed by atoms with Crippen LogP contribution in [0.1, 0.15) is 56.9 Å². The maximum atomic E-state index is 12.3. The molecule has 1 fully saturated rings. The summed E-state index contributed by atoms with van der Waals surface area (Å²) < 4.78 is 7.47. The highest BCUT2D eigenvalue weighted by Gasteiger charge is 2.42. The Labute approximate surface area is 178 Å². The van der Waals surface area contributed by atoms with Crippen LogP contribution in [0.4, 0.5) is 4.79 Å². The number of rotatable bonds is 3. The van der Waals surface area contributed by atoms with Crippen molar-refractivity contribution in [1.82, 2.24) is 14.7 Å². The lowest BCUT2D eigenvalue weighted by Gasteiger charge is -2.46. The topological polar surface area (TPSA) is 67.6 Å². The van der Waals surface area contributed by atoms with Crippen molar-refractivity contribution in [3.05, 3.63) is 53.4 Å². The molecule has 1 spiro atoms. The van der Waals surface area contributed by atoms with Crippen molar-refractivity contribution in [2.45, 2.75) is 59.2 Å². The van der Waals surface area contributed by atoms with E-state index in [4.69, 9.17) is 4.74 Å². The summed E-state index contributed by atoms with van der Waals surface area (Å²) in [6, 6.07) is 8.16. The van der Waals surface area contributed by atoms with Crippen molar-refractivity contribution in [2.24, 2.45) is 5.41 Å². The number of benzene rings is 1. The lowest BCUT2D eigenvalue weighted by Crippen LogP contribution is -2.46. The third kappa shape index (κ3) is 3.88. The van der Waals surface area contributed by atoms with E-state index in [-0.39, 0.29) is 18.1 Å². The van der Waals surface area contributed by atoms with E-state index < -0.39 is 5.60 Å². The minimum absolute atomic E-state index is 0.0298. The largest absolute Gasteiger partial charge is 0.444 e. The summed E-state index contributed by atoms with van der Waals surface area (Å²) in [5.74, 6) is 0. The number of hydrogen-bond acceptors (Lipinski definition) is 4. The molecule has 0 unspecified atom stereocenters. The zero-order chi connectivity index (χ0) is 21.5. The molecule has 0 radical (unpaired) electrons. The number of likely N-dealkylation sites (tertiary alicyclic amines) is 1. The molecule has 2 aromatic rings. The highest BCUT2D eigenvalue weighted by molar-refractivity contribution is 5.74. The van der Waals surface area contributed by atoms with E-state index in [1.807, 2.05) is 42.5 Å². The van der Waals surface area contributed by atoms with E-state index in [1.165, 1.54) is 5.57 Å². The van der Waals surface area contributed by atoms with Gasteiger partial charge in [-0.25, -0.2) is 9.48 Å². The number of hydrogen-bond donors (Lipinski definition) is 1. The average Bonchev–Trinajstić information content (AvgIpc) is 3.08. The van der Waals surface area contributed by atoms with Gasteiger partial charge in [0.25, 0.3) is 0 Å². The number of aliphatic hydroxyl groups is 1. The molecule has 0 bridgehead atoms. The minimum Gasteiger partial charge on any atom is -0.444 e. The van der Waals surface area contributed by atoms with Gasteiger partial charge in [0.15, 0.2) is 0 Å². The number of aryl methyl sites for hydroxylation is 1. The van der Waals surface area contributed by atoms with Crippen molar-refractivity contribution in [3.63, 3.8) is 0 Å². The standard InChI is InChI=1S/C24H31N3O3/c1-17-7-5-6-8-20(17)27-21(19(16-28)15-25-27)18-13-24(14-18)9-11-26(12-10-24)22(29)30-23(2,3)4/h5-8,13,15,28H,9-12,14,16H2,1-4H3. The molecule has 0 saturated carbocycles. The Balaban J connectivity index is 1.52. The zero-order valence-electron chi connectivity index (χ0n) is 18.3. The van der Waals surface area contributed by atoms with Gasteiger partial charge in [0.1, 0.15) is 5.60 Å². The molecule has 1 N–H and O–H groups in total.